The highest BCUT2D eigenvalue weighted by Crippen LogP contribution is 2.41. The van der Waals surface area contributed by atoms with Crippen LogP contribution in [0.3, 0.4) is 0 Å². The summed E-state index contributed by atoms with van der Waals surface area (Å²) in [5.74, 6) is 0. The summed E-state index contributed by atoms with van der Waals surface area (Å²) in [6.07, 6.45) is 7.02. The van der Waals surface area contributed by atoms with E-state index in [2.05, 4.69) is 42.8 Å². The Kier molecular flexibility index (Phi) is 4.63. The van der Waals surface area contributed by atoms with Gasteiger partial charge in [-0.25, -0.2) is 0 Å². The Morgan fingerprint density at radius 1 is 1.14 bits per heavy atom. The Balaban J connectivity index is 1.73. The molecule has 3 nitrogen and oxygen atoms in total. The van der Waals surface area contributed by atoms with E-state index >= 15 is 0 Å². The first-order valence-corrected chi connectivity index (χ1v) is 9.26. The minimum atomic E-state index is 0.449. The third kappa shape index (κ3) is 3.02. The lowest BCUT2D eigenvalue weighted by molar-refractivity contribution is -0.0158. The van der Waals surface area contributed by atoms with Crippen LogP contribution in [-0.4, -0.2) is 60.1 Å². The van der Waals surface area contributed by atoms with Gasteiger partial charge in [-0.05, 0) is 51.1 Å². The molecule has 122 valence electrons. The van der Waals surface area contributed by atoms with Crippen LogP contribution in [0.4, 0.5) is 0 Å². The molecule has 3 heteroatoms. The first-order valence-electron chi connectivity index (χ1n) is 9.26. The third-order valence-corrected chi connectivity index (χ3v) is 6.40. The summed E-state index contributed by atoms with van der Waals surface area (Å²) in [5, 5.41) is 3.82. The number of piperazine rings is 1. The third-order valence-electron chi connectivity index (χ3n) is 6.40. The van der Waals surface area contributed by atoms with Gasteiger partial charge >= 0.3 is 0 Å². The molecule has 0 amide bonds. The van der Waals surface area contributed by atoms with E-state index in [1.807, 2.05) is 0 Å². The summed E-state index contributed by atoms with van der Waals surface area (Å²) in [7, 11) is 0. The molecule has 0 aromatic carbocycles. The Hall–Kier alpha value is -0.120. The van der Waals surface area contributed by atoms with Crippen LogP contribution in [0.2, 0.25) is 0 Å². The van der Waals surface area contributed by atoms with Crippen molar-refractivity contribution >= 4 is 0 Å². The molecule has 2 heterocycles. The van der Waals surface area contributed by atoms with Gasteiger partial charge < -0.3 is 5.32 Å². The molecule has 3 fully saturated rings. The number of rotatable bonds is 3. The molecule has 0 aromatic heterocycles. The van der Waals surface area contributed by atoms with Gasteiger partial charge in [0, 0.05) is 37.3 Å². The SMILES string of the molecule is CCNC1C(N2CC3CCCCN3CC2C)CCC1(C)C. The predicted molar refractivity (Wildman–Crippen MR) is 89.6 cm³/mol. The van der Waals surface area contributed by atoms with E-state index in [1.165, 1.54) is 51.7 Å². The fraction of sp³-hybridized carbons (Fsp3) is 1.00. The Morgan fingerprint density at radius 2 is 1.95 bits per heavy atom. The first-order chi connectivity index (χ1) is 10.0. The molecule has 1 saturated carbocycles. The van der Waals surface area contributed by atoms with E-state index < -0.39 is 0 Å². The average Bonchev–Trinajstić information content (AvgIpc) is 2.74. The van der Waals surface area contributed by atoms with Gasteiger partial charge in [0.2, 0.25) is 0 Å². The summed E-state index contributed by atoms with van der Waals surface area (Å²) in [5.41, 5.74) is 0.449. The summed E-state index contributed by atoms with van der Waals surface area (Å²) < 4.78 is 0. The lowest BCUT2D eigenvalue weighted by Crippen LogP contribution is -2.64. The second kappa shape index (κ2) is 6.17. The smallest absolute Gasteiger partial charge is 0.0274 e. The number of piperidine rings is 1. The van der Waals surface area contributed by atoms with Gasteiger partial charge in [0.05, 0.1) is 0 Å². The van der Waals surface area contributed by atoms with Crippen LogP contribution in [0.25, 0.3) is 0 Å². The van der Waals surface area contributed by atoms with Crippen LogP contribution in [0.5, 0.6) is 0 Å². The zero-order valence-electron chi connectivity index (χ0n) is 14.6. The van der Waals surface area contributed by atoms with Crippen LogP contribution < -0.4 is 5.32 Å². The average molecular weight is 293 g/mol. The maximum atomic E-state index is 3.82. The van der Waals surface area contributed by atoms with Crippen molar-refractivity contribution in [2.45, 2.75) is 84.0 Å². The molecule has 4 atom stereocenters. The quantitative estimate of drug-likeness (QED) is 0.863. The van der Waals surface area contributed by atoms with Gasteiger partial charge in [-0.1, -0.05) is 27.2 Å². The molecule has 1 aliphatic carbocycles. The molecular weight excluding hydrogens is 258 g/mol. The van der Waals surface area contributed by atoms with Crippen molar-refractivity contribution in [3.63, 3.8) is 0 Å². The van der Waals surface area contributed by atoms with Crippen molar-refractivity contribution in [2.75, 3.05) is 26.2 Å². The van der Waals surface area contributed by atoms with Gasteiger partial charge in [-0.2, -0.15) is 0 Å². The maximum absolute atomic E-state index is 3.82. The fourth-order valence-electron chi connectivity index (χ4n) is 5.19. The minimum Gasteiger partial charge on any atom is -0.312 e. The van der Waals surface area contributed by atoms with Crippen LogP contribution in [0.1, 0.15) is 59.8 Å². The zero-order valence-corrected chi connectivity index (χ0v) is 14.6. The molecule has 0 bridgehead atoms. The van der Waals surface area contributed by atoms with E-state index in [4.69, 9.17) is 0 Å². The number of hydrogen-bond acceptors (Lipinski definition) is 3. The number of fused-ring (bicyclic) bond motifs is 1. The summed E-state index contributed by atoms with van der Waals surface area (Å²) >= 11 is 0. The van der Waals surface area contributed by atoms with Crippen molar-refractivity contribution in [3.05, 3.63) is 0 Å². The van der Waals surface area contributed by atoms with E-state index in [9.17, 15) is 0 Å². The number of nitrogens with zero attached hydrogens (tertiary/aromatic N) is 2. The fourth-order valence-corrected chi connectivity index (χ4v) is 5.19. The molecule has 21 heavy (non-hydrogen) atoms. The number of nitrogens with one attached hydrogen (secondary N) is 1. The zero-order chi connectivity index (χ0) is 15.0. The monoisotopic (exact) mass is 293 g/mol. The molecule has 4 unspecified atom stereocenters. The lowest BCUT2D eigenvalue weighted by atomic mass is 9.85. The molecule has 2 saturated heterocycles. The minimum absolute atomic E-state index is 0.449. The molecule has 0 radical (unpaired) electrons. The predicted octanol–water partition coefficient (Wildman–Crippen LogP) is 2.71. The van der Waals surface area contributed by atoms with Crippen molar-refractivity contribution in [3.8, 4) is 0 Å². The standard InChI is InChI=1S/C18H35N3/c1-5-19-17-16(9-10-18(17,3)4)21-13-15-8-6-7-11-20(15)12-14(21)2/h14-17,19H,5-13H2,1-4H3. The lowest BCUT2D eigenvalue weighted by Gasteiger charge is -2.51. The largest absolute Gasteiger partial charge is 0.312 e. The maximum Gasteiger partial charge on any atom is 0.0274 e. The van der Waals surface area contributed by atoms with Crippen molar-refractivity contribution in [1.82, 2.24) is 15.1 Å². The van der Waals surface area contributed by atoms with Crippen LogP contribution >= 0.6 is 0 Å². The summed E-state index contributed by atoms with van der Waals surface area (Å²) in [6.45, 7) is 14.7. The Bertz CT molecular complexity index is 354. The Labute approximate surface area is 131 Å². The molecular formula is C18H35N3. The molecule has 3 aliphatic rings. The van der Waals surface area contributed by atoms with E-state index in [1.54, 1.807) is 0 Å². The van der Waals surface area contributed by atoms with Gasteiger partial charge in [-0.15, -0.1) is 0 Å². The van der Waals surface area contributed by atoms with Crippen molar-refractivity contribution in [2.24, 2.45) is 5.41 Å². The summed E-state index contributed by atoms with van der Waals surface area (Å²) in [6, 6.07) is 2.97. The van der Waals surface area contributed by atoms with Gasteiger partial charge in [0.15, 0.2) is 0 Å². The van der Waals surface area contributed by atoms with E-state index in [0.717, 1.165) is 24.7 Å². The topological polar surface area (TPSA) is 18.5 Å². The molecule has 3 rings (SSSR count). The highest BCUT2D eigenvalue weighted by molar-refractivity contribution is 5.04. The number of hydrogen-bond donors (Lipinski definition) is 1. The van der Waals surface area contributed by atoms with Crippen LogP contribution in [0, 0.1) is 5.41 Å². The Morgan fingerprint density at radius 3 is 2.71 bits per heavy atom. The highest BCUT2D eigenvalue weighted by Gasteiger charge is 2.47. The van der Waals surface area contributed by atoms with Crippen LogP contribution in [-0.2, 0) is 0 Å². The van der Waals surface area contributed by atoms with E-state index in [-0.39, 0.29) is 0 Å². The first kappa shape index (κ1) is 15.8. The summed E-state index contributed by atoms with van der Waals surface area (Å²) in [4.78, 5) is 5.64. The van der Waals surface area contributed by atoms with Crippen LogP contribution in [0.15, 0.2) is 0 Å². The number of likely N-dealkylation sites (N-methyl/N-ethyl adjacent to an activating group) is 1. The van der Waals surface area contributed by atoms with Crippen molar-refractivity contribution < 1.29 is 0 Å². The molecule has 0 spiro atoms. The van der Waals surface area contributed by atoms with Gasteiger partial charge in [-0.3, -0.25) is 9.80 Å². The molecule has 0 aromatic rings. The van der Waals surface area contributed by atoms with Gasteiger partial charge in [0.1, 0.15) is 0 Å². The van der Waals surface area contributed by atoms with Crippen molar-refractivity contribution in [1.29, 1.82) is 0 Å². The highest BCUT2D eigenvalue weighted by atomic mass is 15.3. The second-order valence-corrected chi connectivity index (χ2v) is 8.32. The second-order valence-electron chi connectivity index (χ2n) is 8.32. The van der Waals surface area contributed by atoms with Gasteiger partial charge in [0.25, 0.3) is 0 Å². The normalized spacial score (nSPS) is 41.1. The van der Waals surface area contributed by atoms with E-state index in [0.29, 0.717) is 11.5 Å². The molecule has 2 aliphatic heterocycles. The molecule has 1 N–H and O–H groups in total.